The molecule has 0 aliphatic heterocycles. The minimum atomic E-state index is -0.0577. The van der Waals surface area contributed by atoms with Gasteiger partial charge in [0.25, 0.3) is 0 Å². The van der Waals surface area contributed by atoms with E-state index < -0.39 is 0 Å². The van der Waals surface area contributed by atoms with Crippen LogP contribution in [0, 0.1) is 19.3 Å². The molecule has 1 aromatic rings. The number of carbonyl (C=O) groups is 1. The Hall–Kier alpha value is -1.79. The van der Waals surface area contributed by atoms with E-state index in [0.29, 0.717) is 6.42 Å². The summed E-state index contributed by atoms with van der Waals surface area (Å²) in [7, 11) is 0. The Bertz CT molecular complexity index is 403. The lowest BCUT2D eigenvalue weighted by Crippen LogP contribution is -2.34. The smallest absolute Gasteiger partial charge is 0.238 e. The highest BCUT2D eigenvalue weighted by Gasteiger charge is 2.04. The first-order valence-corrected chi connectivity index (χ1v) is 5.65. The molecule has 0 heterocycles. The molecule has 0 aliphatic carbocycles. The van der Waals surface area contributed by atoms with Gasteiger partial charge in [-0.3, -0.25) is 4.79 Å². The summed E-state index contributed by atoms with van der Waals surface area (Å²) >= 11 is 0. The van der Waals surface area contributed by atoms with E-state index in [2.05, 4.69) is 16.6 Å². The van der Waals surface area contributed by atoms with Gasteiger partial charge in [0.05, 0.1) is 6.54 Å². The Balaban J connectivity index is 2.35. The van der Waals surface area contributed by atoms with Gasteiger partial charge in [0.15, 0.2) is 0 Å². The van der Waals surface area contributed by atoms with Crippen LogP contribution < -0.4 is 10.6 Å². The van der Waals surface area contributed by atoms with Crippen LogP contribution in [0.25, 0.3) is 0 Å². The molecule has 0 saturated heterocycles. The maximum Gasteiger partial charge on any atom is 0.238 e. The van der Waals surface area contributed by atoms with Gasteiger partial charge >= 0.3 is 0 Å². The van der Waals surface area contributed by atoms with Crippen molar-refractivity contribution in [1.29, 1.82) is 0 Å². The van der Waals surface area contributed by atoms with Crippen LogP contribution in [0.5, 0.6) is 0 Å². The second kappa shape index (κ2) is 6.72. The van der Waals surface area contributed by atoms with E-state index in [0.717, 1.165) is 5.69 Å². The van der Waals surface area contributed by atoms with Crippen molar-refractivity contribution in [2.24, 2.45) is 0 Å². The summed E-state index contributed by atoms with van der Waals surface area (Å²) < 4.78 is 0. The van der Waals surface area contributed by atoms with E-state index in [1.165, 1.54) is 5.56 Å². The second-order valence-electron chi connectivity index (χ2n) is 4.10. The lowest BCUT2D eigenvalue weighted by molar-refractivity contribution is -0.115. The van der Waals surface area contributed by atoms with Crippen molar-refractivity contribution in [1.82, 2.24) is 5.32 Å². The number of aryl methyl sites for hydroxylation is 1. The molecule has 0 bridgehead atoms. The molecule has 90 valence electrons. The van der Waals surface area contributed by atoms with Crippen LogP contribution in [0.1, 0.15) is 18.9 Å². The second-order valence-corrected chi connectivity index (χ2v) is 4.10. The number of anilines is 1. The third kappa shape index (κ3) is 5.19. The maximum atomic E-state index is 11.6. The molecule has 0 radical (unpaired) electrons. The summed E-state index contributed by atoms with van der Waals surface area (Å²) in [6.45, 7) is 4.24. The molecule has 1 aromatic carbocycles. The Kier molecular flexibility index (Phi) is 5.25. The van der Waals surface area contributed by atoms with Gasteiger partial charge in [-0.2, -0.15) is 0 Å². The summed E-state index contributed by atoms with van der Waals surface area (Å²) in [6.07, 6.45) is 5.81. The van der Waals surface area contributed by atoms with Crippen LogP contribution in [-0.2, 0) is 4.79 Å². The average molecular weight is 230 g/mol. The van der Waals surface area contributed by atoms with Crippen molar-refractivity contribution in [2.75, 3.05) is 11.9 Å². The Labute approximate surface area is 103 Å². The summed E-state index contributed by atoms with van der Waals surface area (Å²) in [5, 5.41) is 5.87. The van der Waals surface area contributed by atoms with E-state index in [4.69, 9.17) is 6.42 Å². The molecular weight excluding hydrogens is 212 g/mol. The summed E-state index contributed by atoms with van der Waals surface area (Å²) in [6, 6.07) is 7.85. The van der Waals surface area contributed by atoms with Crippen LogP contribution in [0.2, 0.25) is 0 Å². The van der Waals surface area contributed by atoms with E-state index in [9.17, 15) is 4.79 Å². The zero-order chi connectivity index (χ0) is 12.7. The Morgan fingerprint density at radius 1 is 1.41 bits per heavy atom. The predicted octanol–water partition coefficient (Wildman–Crippen LogP) is 1.93. The molecule has 1 atom stereocenters. The molecule has 0 aromatic heterocycles. The first-order chi connectivity index (χ1) is 8.11. The Morgan fingerprint density at radius 3 is 2.65 bits per heavy atom. The fraction of sp³-hybridized carbons (Fsp3) is 0.357. The predicted molar refractivity (Wildman–Crippen MR) is 70.7 cm³/mol. The molecule has 0 fully saturated rings. The molecule has 17 heavy (non-hydrogen) atoms. The Morgan fingerprint density at radius 2 is 2.06 bits per heavy atom. The SMILES string of the molecule is C#CCC(C)NCC(=O)Nc1ccc(C)cc1. The lowest BCUT2D eigenvalue weighted by Gasteiger charge is -2.11. The van der Waals surface area contributed by atoms with Crippen LogP contribution in [0.3, 0.4) is 0 Å². The van der Waals surface area contributed by atoms with Crippen LogP contribution in [0.15, 0.2) is 24.3 Å². The first kappa shape index (κ1) is 13.3. The fourth-order valence-electron chi connectivity index (χ4n) is 1.36. The minimum Gasteiger partial charge on any atom is -0.325 e. The highest BCUT2D eigenvalue weighted by Crippen LogP contribution is 2.07. The summed E-state index contributed by atoms with van der Waals surface area (Å²) in [4.78, 5) is 11.6. The quantitative estimate of drug-likeness (QED) is 0.759. The van der Waals surface area contributed by atoms with Gasteiger partial charge in [0.2, 0.25) is 5.91 Å². The van der Waals surface area contributed by atoms with E-state index in [1.54, 1.807) is 0 Å². The lowest BCUT2D eigenvalue weighted by atomic mass is 10.2. The number of carbonyl (C=O) groups excluding carboxylic acids is 1. The van der Waals surface area contributed by atoms with Crippen molar-refractivity contribution in [3.8, 4) is 12.3 Å². The van der Waals surface area contributed by atoms with Crippen molar-refractivity contribution in [2.45, 2.75) is 26.3 Å². The summed E-state index contributed by atoms with van der Waals surface area (Å²) in [5.41, 5.74) is 1.98. The molecule has 0 aliphatic rings. The number of hydrogen-bond donors (Lipinski definition) is 2. The van der Waals surface area contributed by atoms with Crippen LogP contribution in [0.4, 0.5) is 5.69 Å². The highest BCUT2D eigenvalue weighted by atomic mass is 16.1. The molecule has 0 saturated carbocycles. The minimum absolute atomic E-state index is 0.0577. The third-order valence-corrected chi connectivity index (χ3v) is 2.37. The van der Waals surface area contributed by atoms with Crippen molar-refractivity contribution < 1.29 is 4.79 Å². The zero-order valence-electron chi connectivity index (χ0n) is 10.3. The van der Waals surface area contributed by atoms with Crippen molar-refractivity contribution in [3.05, 3.63) is 29.8 Å². The van der Waals surface area contributed by atoms with E-state index in [1.807, 2.05) is 38.1 Å². The molecule has 3 heteroatoms. The number of hydrogen-bond acceptors (Lipinski definition) is 2. The zero-order valence-corrected chi connectivity index (χ0v) is 10.3. The fourth-order valence-corrected chi connectivity index (χ4v) is 1.36. The van der Waals surface area contributed by atoms with Gasteiger partial charge in [-0.25, -0.2) is 0 Å². The number of rotatable bonds is 5. The number of terminal acetylenes is 1. The van der Waals surface area contributed by atoms with Gasteiger partial charge < -0.3 is 10.6 Å². The monoisotopic (exact) mass is 230 g/mol. The van der Waals surface area contributed by atoms with E-state index >= 15 is 0 Å². The molecule has 1 unspecified atom stereocenters. The molecule has 1 rings (SSSR count). The largest absolute Gasteiger partial charge is 0.325 e. The average Bonchev–Trinajstić information content (AvgIpc) is 2.30. The van der Waals surface area contributed by atoms with E-state index in [-0.39, 0.29) is 18.5 Å². The van der Waals surface area contributed by atoms with Gasteiger partial charge in [-0.1, -0.05) is 17.7 Å². The first-order valence-electron chi connectivity index (χ1n) is 5.65. The van der Waals surface area contributed by atoms with Gasteiger partial charge in [0, 0.05) is 18.2 Å². The van der Waals surface area contributed by atoms with Gasteiger partial charge in [-0.05, 0) is 26.0 Å². The highest BCUT2D eigenvalue weighted by molar-refractivity contribution is 5.92. The van der Waals surface area contributed by atoms with Crippen LogP contribution >= 0.6 is 0 Å². The standard InChI is InChI=1S/C14H18N2O/c1-4-5-12(3)15-10-14(17)16-13-8-6-11(2)7-9-13/h1,6-9,12,15H,5,10H2,2-3H3,(H,16,17). The van der Waals surface area contributed by atoms with Crippen LogP contribution in [-0.4, -0.2) is 18.5 Å². The number of nitrogens with one attached hydrogen (secondary N) is 2. The molecule has 2 N–H and O–H groups in total. The molecule has 3 nitrogen and oxygen atoms in total. The normalized spacial score (nSPS) is 11.6. The van der Waals surface area contributed by atoms with Crippen molar-refractivity contribution >= 4 is 11.6 Å². The molecule has 1 amide bonds. The summed E-state index contributed by atoms with van der Waals surface area (Å²) in [5.74, 6) is 2.50. The molecule has 0 spiro atoms. The van der Waals surface area contributed by atoms with Gasteiger partial charge in [0.1, 0.15) is 0 Å². The van der Waals surface area contributed by atoms with Crippen molar-refractivity contribution in [3.63, 3.8) is 0 Å². The third-order valence-electron chi connectivity index (χ3n) is 2.37. The number of benzene rings is 1. The molecular formula is C14H18N2O. The maximum absolute atomic E-state index is 11.6. The van der Waals surface area contributed by atoms with Gasteiger partial charge in [-0.15, -0.1) is 12.3 Å². The number of amides is 1. The topological polar surface area (TPSA) is 41.1 Å².